The third-order valence-electron chi connectivity index (χ3n) is 3.15. The van der Waals surface area contributed by atoms with Gasteiger partial charge in [0.1, 0.15) is 0 Å². The molecule has 4 nitrogen and oxygen atoms in total. The second kappa shape index (κ2) is 5.96. The van der Waals surface area contributed by atoms with Crippen LogP contribution in [0.5, 0.6) is 0 Å². The van der Waals surface area contributed by atoms with Gasteiger partial charge in [-0.15, -0.1) is 0 Å². The van der Waals surface area contributed by atoms with Crippen molar-refractivity contribution < 1.29 is 5.11 Å². The molecule has 96 valence electrons. The van der Waals surface area contributed by atoms with Crippen LogP contribution in [0.25, 0.3) is 0 Å². The van der Waals surface area contributed by atoms with E-state index < -0.39 is 5.60 Å². The van der Waals surface area contributed by atoms with E-state index in [1.54, 1.807) is 0 Å². The summed E-state index contributed by atoms with van der Waals surface area (Å²) in [7, 11) is 6.15. The lowest BCUT2D eigenvalue weighted by Crippen LogP contribution is -2.50. The number of likely N-dealkylation sites (tertiary alicyclic amines) is 1. The maximum absolute atomic E-state index is 10.2. The summed E-state index contributed by atoms with van der Waals surface area (Å²) in [6, 6.07) is 0.574. The van der Waals surface area contributed by atoms with Crippen molar-refractivity contribution in [2.75, 3.05) is 47.3 Å². The van der Waals surface area contributed by atoms with Crippen molar-refractivity contribution in [3.05, 3.63) is 0 Å². The van der Waals surface area contributed by atoms with Gasteiger partial charge in [-0.25, -0.2) is 0 Å². The van der Waals surface area contributed by atoms with Gasteiger partial charge in [-0.05, 0) is 54.0 Å². The summed E-state index contributed by atoms with van der Waals surface area (Å²) in [5.74, 6) is 0. The second-order valence-corrected chi connectivity index (χ2v) is 5.69. The molecule has 16 heavy (non-hydrogen) atoms. The van der Waals surface area contributed by atoms with E-state index in [1.807, 2.05) is 25.9 Å². The standard InChI is InChI=1S/C12H27N3O/c1-12(16,10-14(2)3)9-13-11-5-7-15(4)8-6-11/h11,13,16H,5-10H2,1-4H3. The average Bonchev–Trinajstić information content (AvgIpc) is 2.15. The number of nitrogens with one attached hydrogen (secondary N) is 1. The number of nitrogens with zero attached hydrogens (tertiary/aromatic N) is 2. The first-order chi connectivity index (χ1) is 7.39. The summed E-state index contributed by atoms with van der Waals surface area (Å²) in [5, 5.41) is 13.6. The molecule has 1 unspecified atom stereocenters. The Morgan fingerprint density at radius 2 is 1.94 bits per heavy atom. The Bertz CT molecular complexity index is 198. The molecule has 0 aromatic rings. The highest BCUT2D eigenvalue weighted by Crippen LogP contribution is 2.10. The minimum absolute atomic E-state index is 0.574. The fourth-order valence-corrected chi connectivity index (χ4v) is 2.31. The van der Waals surface area contributed by atoms with Gasteiger partial charge in [0.2, 0.25) is 0 Å². The molecule has 1 heterocycles. The van der Waals surface area contributed by atoms with Gasteiger partial charge in [0, 0.05) is 19.1 Å². The smallest absolute Gasteiger partial charge is 0.0869 e. The molecule has 0 bridgehead atoms. The fourth-order valence-electron chi connectivity index (χ4n) is 2.31. The van der Waals surface area contributed by atoms with Crippen molar-refractivity contribution in [1.29, 1.82) is 0 Å². The average molecular weight is 229 g/mol. The molecule has 1 fully saturated rings. The first-order valence-corrected chi connectivity index (χ1v) is 6.18. The highest BCUT2D eigenvalue weighted by Gasteiger charge is 2.24. The van der Waals surface area contributed by atoms with Gasteiger partial charge in [0.05, 0.1) is 5.60 Å². The van der Waals surface area contributed by atoms with Crippen LogP contribution in [0.3, 0.4) is 0 Å². The van der Waals surface area contributed by atoms with Crippen LogP contribution in [-0.4, -0.2) is 73.9 Å². The SMILES string of the molecule is CN(C)CC(C)(O)CNC1CCN(C)CC1. The summed E-state index contributed by atoms with van der Waals surface area (Å²) >= 11 is 0. The van der Waals surface area contributed by atoms with Crippen molar-refractivity contribution >= 4 is 0 Å². The van der Waals surface area contributed by atoms with Crippen molar-refractivity contribution in [2.24, 2.45) is 0 Å². The molecule has 1 rings (SSSR count). The summed E-state index contributed by atoms with van der Waals surface area (Å²) < 4.78 is 0. The molecule has 0 spiro atoms. The zero-order valence-corrected chi connectivity index (χ0v) is 11.2. The number of rotatable bonds is 5. The van der Waals surface area contributed by atoms with Gasteiger partial charge in [-0.1, -0.05) is 0 Å². The van der Waals surface area contributed by atoms with E-state index in [4.69, 9.17) is 0 Å². The third-order valence-corrected chi connectivity index (χ3v) is 3.15. The molecule has 0 aromatic heterocycles. The molecular formula is C12H27N3O. The quantitative estimate of drug-likeness (QED) is 0.695. The molecule has 0 radical (unpaired) electrons. The number of likely N-dealkylation sites (N-methyl/N-ethyl adjacent to an activating group) is 1. The zero-order valence-electron chi connectivity index (χ0n) is 11.2. The summed E-state index contributed by atoms with van der Waals surface area (Å²) in [6.07, 6.45) is 2.38. The van der Waals surface area contributed by atoms with Gasteiger partial charge < -0.3 is 20.2 Å². The van der Waals surface area contributed by atoms with Crippen LogP contribution in [0.1, 0.15) is 19.8 Å². The van der Waals surface area contributed by atoms with E-state index in [9.17, 15) is 5.11 Å². The van der Waals surface area contributed by atoms with E-state index in [2.05, 4.69) is 17.3 Å². The minimum atomic E-state index is -0.632. The van der Waals surface area contributed by atoms with Crippen LogP contribution in [0.15, 0.2) is 0 Å². The Hall–Kier alpha value is -0.160. The van der Waals surface area contributed by atoms with Crippen molar-refractivity contribution in [2.45, 2.75) is 31.4 Å². The molecule has 1 saturated heterocycles. The van der Waals surface area contributed by atoms with Gasteiger partial charge in [0.15, 0.2) is 0 Å². The fraction of sp³-hybridized carbons (Fsp3) is 1.00. The van der Waals surface area contributed by atoms with Crippen LogP contribution in [0, 0.1) is 0 Å². The summed E-state index contributed by atoms with van der Waals surface area (Å²) in [6.45, 7) is 5.60. The van der Waals surface area contributed by atoms with Crippen molar-refractivity contribution in [3.8, 4) is 0 Å². The minimum Gasteiger partial charge on any atom is -0.388 e. The lowest BCUT2D eigenvalue weighted by Gasteiger charge is -2.33. The van der Waals surface area contributed by atoms with Gasteiger partial charge in [-0.2, -0.15) is 0 Å². The van der Waals surface area contributed by atoms with Gasteiger partial charge in [-0.3, -0.25) is 0 Å². The molecule has 1 aliphatic rings. The Labute approximate surface area is 99.6 Å². The molecule has 0 aromatic carbocycles. The largest absolute Gasteiger partial charge is 0.388 e. The normalized spacial score (nSPS) is 23.6. The number of hydrogen-bond donors (Lipinski definition) is 2. The van der Waals surface area contributed by atoms with E-state index in [1.165, 1.54) is 12.8 Å². The van der Waals surface area contributed by atoms with E-state index >= 15 is 0 Å². The topological polar surface area (TPSA) is 38.7 Å². The monoisotopic (exact) mass is 229 g/mol. The first kappa shape index (κ1) is 13.9. The van der Waals surface area contributed by atoms with Crippen LogP contribution in [0.4, 0.5) is 0 Å². The van der Waals surface area contributed by atoms with Crippen LogP contribution in [-0.2, 0) is 0 Å². The molecule has 1 atom stereocenters. The van der Waals surface area contributed by atoms with E-state index in [-0.39, 0.29) is 0 Å². The number of hydrogen-bond acceptors (Lipinski definition) is 4. The zero-order chi connectivity index (χ0) is 12.2. The summed E-state index contributed by atoms with van der Waals surface area (Å²) in [5.41, 5.74) is -0.632. The number of aliphatic hydroxyl groups is 1. The maximum atomic E-state index is 10.2. The van der Waals surface area contributed by atoms with Crippen LogP contribution < -0.4 is 5.32 Å². The Kier molecular flexibility index (Phi) is 5.18. The summed E-state index contributed by atoms with van der Waals surface area (Å²) in [4.78, 5) is 4.38. The molecular weight excluding hydrogens is 202 g/mol. The first-order valence-electron chi connectivity index (χ1n) is 6.18. The Balaban J connectivity index is 2.23. The van der Waals surface area contributed by atoms with Crippen molar-refractivity contribution in [3.63, 3.8) is 0 Å². The van der Waals surface area contributed by atoms with Gasteiger partial charge >= 0.3 is 0 Å². The highest BCUT2D eigenvalue weighted by molar-refractivity contribution is 4.82. The van der Waals surface area contributed by atoms with Crippen molar-refractivity contribution in [1.82, 2.24) is 15.1 Å². The lowest BCUT2D eigenvalue weighted by atomic mass is 10.0. The highest BCUT2D eigenvalue weighted by atomic mass is 16.3. The maximum Gasteiger partial charge on any atom is 0.0869 e. The number of piperidine rings is 1. The third kappa shape index (κ3) is 5.25. The Morgan fingerprint density at radius 3 is 2.44 bits per heavy atom. The lowest BCUT2D eigenvalue weighted by molar-refractivity contribution is 0.0292. The predicted molar refractivity (Wildman–Crippen MR) is 67.7 cm³/mol. The Morgan fingerprint density at radius 1 is 1.38 bits per heavy atom. The molecule has 1 aliphatic heterocycles. The van der Waals surface area contributed by atoms with E-state index in [0.717, 1.165) is 13.1 Å². The predicted octanol–water partition coefficient (Wildman–Crippen LogP) is -0.0172. The molecule has 0 amide bonds. The van der Waals surface area contributed by atoms with Gasteiger partial charge in [0.25, 0.3) is 0 Å². The molecule has 4 heteroatoms. The van der Waals surface area contributed by atoms with E-state index in [0.29, 0.717) is 19.1 Å². The van der Waals surface area contributed by atoms with Crippen LogP contribution in [0.2, 0.25) is 0 Å². The second-order valence-electron chi connectivity index (χ2n) is 5.69. The molecule has 0 saturated carbocycles. The van der Waals surface area contributed by atoms with Crippen LogP contribution >= 0.6 is 0 Å². The molecule has 0 aliphatic carbocycles. The molecule has 2 N–H and O–H groups in total.